The molecule has 0 saturated heterocycles. The van der Waals surface area contributed by atoms with E-state index < -0.39 is 0 Å². The summed E-state index contributed by atoms with van der Waals surface area (Å²) in [7, 11) is 4.97. The standard InChI is InChI=1S/C13H15NO3/c1-14-10(8-13(15)17-3)6-9-7-11(16-2)4-5-12(9)14/h4-7H,8H2,1-3H3. The lowest BCUT2D eigenvalue weighted by Gasteiger charge is -2.03. The van der Waals surface area contributed by atoms with Crippen molar-refractivity contribution in [1.29, 1.82) is 0 Å². The second kappa shape index (κ2) is 4.49. The lowest BCUT2D eigenvalue weighted by atomic mass is 10.2. The molecule has 0 radical (unpaired) electrons. The quantitative estimate of drug-likeness (QED) is 0.760. The molecule has 0 aliphatic carbocycles. The Bertz CT molecular complexity index is 557. The van der Waals surface area contributed by atoms with Gasteiger partial charge in [-0.25, -0.2) is 0 Å². The zero-order valence-corrected chi connectivity index (χ0v) is 10.2. The van der Waals surface area contributed by atoms with Crippen LogP contribution >= 0.6 is 0 Å². The third kappa shape index (κ3) is 2.11. The van der Waals surface area contributed by atoms with Gasteiger partial charge in [0.05, 0.1) is 20.6 Å². The Hall–Kier alpha value is -1.97. The molecule has 1 heterocycles. The number of aryl methyl sites for hydroxylation is 1. The van der Waals surface area contributed by atoms with E-state index in [-0.39, 0.29) is 12.4 Å². The summed E-state index contributed by atoms with van der Waals surface area (Å²) in [5.74, 6) is 0.579. The van der Waals surface area contributed by atoms with Crippen LogP contribution in [-0.2, 0) is 23.0 Å². The smallest absolute Gasteiger partial charge is 0.311 e. The fraction of sp³-hybridized carbons (Fsp3) is 0.308. The molecular formula is C13H15NO3. The van der Waals surface area contributed by atoms with Crippen LogP contribution in [0.5, 0.6) is 5.75 Å². The highest BCUT2D eigenvalue weighted by molar-refractivity contribution is 5.84. The molecule has 0 N–H and O–H groups in total. The van der Waals surface area contributed by atoms with Crippen molar-refractivity contribution in [3.05, 3.63) is 30.0 Å². The molecule has 1 aromatic heterocycles. The summed E-state index contributed by atoms with van der Waals surface area (Å²) in [5.41, 5.74) is 2.00. The fourth-order valence-corrected chi connectivity index (χ4v) is 1.90. The van der Waals surface area contributed by atoms with Crippen LogP contribution in [0.2, 0.25) is 0 Å². The first-order chi connectivity index (χ1) is 8.15. The summed E-state index contributed by atoms with van der Waals surface area (Å²) in [6.45, 7) is 0. The number of hydrogen-bond acceptors (Lipinski definition) is 3. The van der Waals surface area contributed by atoms with E-state index in [1.165, 1.54) is 7.11 Å². The van der Waals surface area contributed by atoms with Crippen LogP contribution < -0.4 is 4.74 Å². The molecular weight excluding hydrogens is 218 g/mol. The fourth-order valence-electron chi connectivity index (χ4n) is 1.90. The molecule has 0 aliphatic rings. The van der Waals surface area contributed by atoms with Gasteiger partial charge in [0.1, 0.15) is 5.75 Å². The van der Waals surface area contributed by atoms with Crippen molar-refractivity contribution in [2.75, 3.05) is 14.2 Å². The molecule has 0 saturated carbocycles. The first kappa shape index (κ1) is 11.5. The van der Waals surface area contributed by atoms with E-state index in [2.05, 4.69) is 4.74 Å². The SMILES string of the molecule is COC(=O)Cc1cc2cc(OC)ccc2n1C. The molecule has 4 heteroatoms. The summed E-state index contributed by atoms with van der Waals surface area (Å²) >= 11 is 0. The highest BCUT2D eigenvalue weighted by atomic mass is 16.5. The molecule has 1 aromatic carbocycles. The molecule has 0 fully saturated rings. The van der Waals surface area contributed by atoms with Crippen LogP contribution in [0.3, 0.4) is 0 Å². The van der Waals surface area contributed by atoms with Gasteiger partial charge in [-0.05, 0) is 24.3 Å². The molecule has 2 rings (SSSR count). The predicted octanol–water partition coefficient (Wildman–Crippen LogP) is 1.90. The average Bonchev–Trinajstić information content (AvgIpc) is 2.65. The number of carbonyl (C=O) groups excluding carboxylic acids is 1. The Labute approximate surface area is 99.7 Å². The number of benzene rings is 1. The van der Waals surface area contributed by atoms with E-state index >= 15 is 0 Å². The van der Waals surface area contributed by atoms with Crippen LogP contribution in [0.4, 0.5) is 0 Å². The van der Waals surface area contributed by atoms with Crippen LogP contribution in [0.1, 0.15) is 5.69 Å². The van der Waals surface area contributed by atoms with Crippen molar-refractivity contribution in [3.8, 4) is 5.75 Å². The molecule has 0 bridgehead atoms. The molecule has 4 nitrogen and oxygen atoms in total. The number of hydrogen-bond donors (Lipinski definition) is 0. The minimum Gasteiger partial charge on any atom is -0.497 e. The lowest BCUT2D eigenvalue weighted by molar-refractivity contribution is -0.139. The number of esters is 1. The van der Waals surface area contributed by atoms with Crippen molar-refractivity contribution in [3.63, 3.8) is 0 Å². The zero-order valence-electron chi connectivity index (χ0n) is 10.2. The number of ether oxygens (including phenoxy) is 2. The van der Waals surface area contributed by atoms with Crippen LogP contribution in [0.15, 0.2) is 24.3 Å². The lowest BCUT2D eigenvalue weighted by Crippen LogP contribution is -2.07. The second-order valence-electron chi connectivity index (χ2n) is 3.87. The monoisotopic (exact) mass is 233 g/mol. The number of nitrogens with zero attached hydrogens (tertiary/aromatic N) is 1. The van der Waals surface area contributed by atoms with Gasteiger partial charge in [-0.3, -0.25) is 4.79 Å². The third-order valence-corrected chi connectivity index (χ3v) is 2.90. The molecule has 2 aromatic rings. The van der Waals surface area contributed by atoms with E-state index in [0.29, 0.717) is 0 Å². The van der Waals surface area contributed by atoms with Gasteiger partial charge in [0.15, 0.2) is 0 Å². The van der Waals surface area contributed by atoms with Crippen molar-refractivity contribution < 1.29 is 14.3 Å². The first-order valence-corrected chi connectivity index (χ1v) is 5.35. The number of methoxy groups -OCH3 is 2. The normalized spacial score (nSPS) is 10.5. The molecule has 0 spiro atoms. The van der Waals surface area contributed by atoms with E-state index in [1.807, 2.05) is 35.9 Å². The molecule has 0 amide bonds. The van der Waals surface area contributed by atoms with Gasteiger partial charge < -0.3 is 14.0 Å². The van der Waals surface area contributed by atoms with Crippen molar-refractivity contribution in [2.24, 2.45) is 7.05 Å². The van der Waals surface area contributed by atoms with Gasteiger partial charge in [-0.15, -0.1) is 0 Å². The van der Waals surface area contributed by atoms with E-state index in [9.17, 15) is 4.79 Å². The predicted molar refractivity (Wildman–Crippen MR) is 65.2 cm³/mol. The Kier molecular flexibility index (Phi) is 3.04. The third-order valence-electron chi connectivity index (χ3n) is 2.90. The molecule has 90 valence electrons. The number of carbonyl (C=O) groups is 1. The zero-order chi connectivity index (χ0) is 12.4. The minimum atomic E-state index is -0.233. The van der Waals surface area contributed by atoms with Crippen LogP contribution in [0, 0.1) is 0 Å². The van der Waals surface area contributed by atoms with Gasteiger partial charge in [-0.2, -0.15) is 0 Å². The first-order valence-electron chi connectivity index (χ1n) is 5.35. The van der Waals surface area contributed by atoms with Crippen molar-refractivity contribution in [2.45, 2.75) is 6.42 Å². The van der Waals surface area contributed by atoms with Gasteiger partial charge in [0.2, 0.25) is 0 Å². The Morgan fingerprint density at radius 3 is 2.71 bits per heavy atom. The summed E-state index contributed by atoms with van der Waals surface area (Å²) in [5, 5.41) is 1.06. The second-order valence-corrected chi connectivity index (χ2v) is 3.87. The Balaban J connectivity index is 2.45. The molecule has 17 heavy (non-hydrogen) atoms. The molecule has 0 atom stereocenters. The Morgan fingerprint density at radius 1 is 1.29 bits per heavy atom. The van der Waals surface area contributed by atoms with Gasteiger partial charge in [0.25, 0.3) is 0 Å². The van der Waals surface area contributed by atoms with Crippen LogP contribution in [-0.4, -0.2) is 24.8 Å². The van der Waals surface area contributed by atoms with Gasteiger partial charge in [0, 0.05) is 23.6 Å². The summed E-state index contributed by atoms with van der Waals surface area (Å²) < 4.78 is 11.8. The van der Waals surface area contributed by atoms with E-state index in [4.69, 9.17) is 4.74 Å². The van der Waals surface area contributed by atoms with Crippen molar-refractivity contribution in [1.82, 2.24) is 4.57 Å². The molecule has 0 aliphatic heterocycles. The maximum Gasteiger partial charge on any atom is 0.311 e. The Morgan fingerprint density at radius 2 is 2.06 bits per heavy atom. The highest BCUT2D eigenvalue weighted by Crippen LogP contribution is 2.24. The number of aromatic nitrogens is 1. The highest BCUT2D eigenvalue weighted by Gasteiger charge is 2.10. The number of fused-ring (bicyclic) bond motifs is 1. The average molecular weight is 233 g/mol. The maximum atomic E-state index is 11.3. The molecule has 0 unspecified atom stereocenters. The maximum absolute atomic E-state index is 11.3. The van der Waals surface area contributed by atoms with E-state index in [0.717, 1.165) is 22.3 Å². The summed E-state index contributed by atoms with van der Waals surface area (Å²) in [6.07, 6.45) is 0.282. The van der Waals surface area contributed by atoms with Gasteiger partial charge >= 0.3 is 5.97 Å². The van der Waals surface area contributed by atoms with Crippen LogP contribution in [0.25, 0.3) is 10.9 Å². The van der Waals surface area contributed by atoms with Crippen molar-refractivity contribution >= 4 is 16.9 Å². The summed E-state index contributed by atoms with van der Waals surface area (Å²) in [4.78, 5) is 11.3. The number of rotatable bonds is 3. The van der Waals surface area contributed by atoms with E-state index in [1.54, 1.807) is 7.11 Å². The largest absolute Gasteiger partial charge is 0.497 e. The summed E-state index contributed by atoms with van der Waals surface area (Å²) in [6, 6.07) is 7.82. The minimum absolute atomic E-state index is 0.233. The van der Waals surface area contributed by atoms with Gasteiger partial charge in [-0.1, -0.05) is 0 Å². The topological polar surface area (TPSA) is 40.5 Å².